The van der Waals surface area contributed by atoms with E-state index in [1.807, 2.05) is 13.8 Å². The predicted molar refractivity (Wildman–Crippen MR) is 67.4 cm³/mol. The summed E-state index contributed by atoms with van der Waals surface area (Å²) >= 11 is 5.91. The molecule has 0 atom stereocenters. The molecule has 100 valence electrons. The van der Waals surface area contributed by atoms with Crippen LogP contribution in [0.25, 0.3) is 0 Å². The molecule has 0 bridgehead atoms. The maximum Gasteiger partial charge on any atom is 0.329 e. The number of hydrogen-bond acceptors (Lipinski definition) is 5. The molecule has 0 heterocycles. The van der Waals surface area contributed by atoms with Crippen molar-refractivity contribution < 1.29 is 21.7 Å². The van der Waals surface area contributed by atoms with Gasteiger partial charge in [-0.05, 0) is 17.5 Å². The molecule has 1 rings (SSSR count). The number of hydrogen-bond donors (Lipinski definition) is 0. The van der Waals surface area contributed by atoms with Crippen molar-refractivity contribution in [3.8, 4) is 0 Å². The van der Waals surface area contributed by atoms with Gasteiger partial charge in [0.2, 0.25) is 0 Å². The van der Waals surface area contributed by atoms with E-state index in [4.69, 9.17) is 11.6 Å². The minimum Gasteiger partial charge on any atom is -0.265 e. The molecule has 0 fully saturated rings. The minimum absolute atomic E-state index is 0.0318. The van der Waals surface area contributed by atoms with Gasteiger partial charge in [-0.2, -0.15) is 8.42 Å². The van der Waals surface area contributed by atoms with Crippen molar-refractivity contribution in [1.29, 1.82) is 0 Å². The Balaban J connectivity index is 3.18. The fraction of sp³-hybridized carbons (Fsp3) is 0.400. The maximum absolute atomic E-state index is 12.0. The molecular formula is C10H12ClO5PS. The third-order valence-electron chi connectivity index (χ3n) is 2.18. The zero-order valence-corrected chi connectivity index (χ0v) is 12.3. The van der Waals surface area contributed by atoms with Gasteiger partial charge in [0.1, 0.15) is 4.90 Å². The van der Waals surface area contributed by atoms with E-state index in [1.54, 1.807) is 12.1 Å². The summed E-state index contributed by atoms with van der Waals surface area (Å²) in [6, 6.07) is 4.80. The molecule has 1 aromatic carbocycles. The van der Waals surface area contributed by atoms with Crippen LogP contribution in [0.15, 0.2) is 23.1 Å². The van der Waals surface area contributed by atoms with Crippen LogP contribution in [0, 0.1) is 0 Å². The lowest BCUT2D eigenvalue weighted by atomic mass is 10.0. The summed E-state index contributed by atoms with van der Waals surface area (Å²) < 4.78 is 42.9. The first-order valence-electron chi connectivity index (χ1n) is 5.02. The smallest absolute Gasteiger partial charge is 0.265 e. The molecule has 5 nitrogen and oxygen atoms in total. The Morgan fingerprint density at radius 2 is 2.06 bits per heavy atom. The van der Waals surface area contributed by atoms with E-state index in [9.17, 15) is 13.0 Å². The largest absolute Gasteiger partial charge is 0.329 e. The van der Waals surface area contributed by atoms with Crippen molar-refractivity contribution in [2.45, 2.75) is 24.7 Å². The van der Waals surface area contributed by atoms with Gasteiger partial charge in [-0.1, -0.05) is 37.6 Å². The van der Waals surface area contributed by atoms with Crippen molar-refractivity contribution >= 4 is 30.4 Å². The molecule has 8 heteroatoms. The quantitative estimate of drug-likeness (QED) is 0.349. The van der Waals surface area contributed by atoms with Crippen molar-refractivity contribution in [1.82, 2.24) is 0 Å². The molecule has 18 heavy (non-hydrogen) atoms. The Hall–Kier alpha value is -0.520. The van der Waals surface area contributed by atoms with Crippen LogP contribution in [-0.2, 0) is 23.4 Å². The van der Waals surface area contributed by atoms with Gasteiger partial charge in [0.25, 0.3) is 0 Å². The normalized spacial score (nSPS) is 12.2. The van der Waals surface area contributed by atoms with Crippen molar-refractivity contribution in [3.05, 3.63) is 28.8 Å². The standard InChI is InChI=1S/C10H12ClO5PS/c1-7(2)8-4-3-5-9(11)10(8)18(13,14)16-6-15-17-12/h3-5,7H,6H2,1-2H3. The molecule has 0 aromatic heterocycles. The SMILES string of the molecule is CC(C)c1cccc(Cl)c1S(=O)(=O)OCOP=O. The lowest BCUT2D eigenvalue weighted by Crippen LogP contribution is -2.11. The van der Waals surface area contributed by atoms with Gasteiger partial charge in [0.05, 0.1) is 5.02 Å². The third-order valence-corrected chi connectivity index (χ3v) is 4.18. The monoisotopic (exact) mass is 310 g/mol. The number of halogens is 1. The zero-order valence-electron chi connectivity index (χ0n) is 9.79. The highest BCUT2D eigenvalue weighted by Crippen LogP contribution is 2.31. The highest BCUT2D eigenvalue weighted by Gasteiger charge is 2.24. The Labute approximate surface area is 112 Å². The Morgan fingerprint density at radius 1 is 1.39 bits per heavy atom. The van der Waals surface area contributed by atoms with Gasteiger partial charge in [-0.25, -0.2) is 8.75 Å². The summed E-state index contributed by atoms with van der Waals surface area (Å²) in [6.45, 7) is 3.06. The van der Waals surface area contributed by atoms with E-state index in [0.717, 1.165) is 0 Å². The first-order valence-corrected chi connectivity index (χ1v) is 7.54. The second-order valence-electron chi connectivity index (χ2n) is 3.71. The first-order chi connectivity index (χ1) is 8.40. The molecule has 0 unspecified atom stereocenters. The summed E-state index contributed by atoms with van der Waals surface area (Å²) in [6.07, 6.45) is 0. The van der Waals surface area contributed by atoms with E-state index in [1.165, 1.54) is 6.07 Å². The molecule has 0 spiro atoms. The van der Waals surface area contributed by atoms with Gasteiger partial charge in [-0.3, -0.25) is 4.52 Å². The van der Waals surface area contributed by atoms with Crippen LogP contribution in [-0.4, -0.2) is 15.2 Å². The summed E-state index contributed by atoms with van der Waals surface area (Å²) in [5.74, 6) is -0.0318. The van der Waals surface area contributed by atoms with E-state index in [0.29, 0.717) is 5.56 Å². The Morgan fingerprint density at radius 3 is 2.61 bits per heavy atom. The van der Waals surface area contributed by atoms with Crippen molar-refractivity contribution in [2.24, 2.45) is 0 Å². The molecule has 0 radical (unpaired) electrons. The van der Waals surface area contributed by atoms with E-state index < -0.39 is 25.6 Å². The van der Waals surface area contributed by atoms with Crippen LogP contribution in [0.5, 0.6) is 0 Å². The van der Waals surface area contributed by atoms with Gasteiger partial charge < -0.3 is 0 Å². The summed E-state index contributed by atoms with van der Waals surface area (Å²) in [5.41, 5.74) is 0.558. The van der Waals surface area contributed by atoms with Crippen LogP contribution in [0.1, 0.15) is 25.3 Å². The summed E-state index contributed by atoms with van der Waals surface area (Å²) in [7, 11) is -4.69. The topological polar surface area (TPSA) is 69.7 Å². The fourth-order valence-corrected chi connectivity index (χ4v) is 3.23. The van der Waals surface area contributed by atoms with Crippen LogP contribution in [0.4, 0.5) is 0 Å². The summed E-state index contributed by atoms with van der Waals surface area (Å²) in [5, 5.41) is 0.0841. The average molecular weight is 311 g/mol. The molecule has 1 aromatic rings. The lowest BCUT2D eigenvalue weighted by Gasteiger charge is -2.13. The summed E-state index contributed by atoms with van der Waals surface area (Å²) in [4.78, 5) is -0.0761. The predicted octanol–water partition coefficient (Wildman–Crippen LogP) is 3.35. The van der Waals surface area contributed by atoms with Gasteiger partial charge >= 0.3 is 18.8 Å². The molecule has 0 saturated carbocycles. The molecule has 0 saturated heterocycles. The molecule has 0 N–H and O–H groups in total. The second-order valence-corrected chi connectivity index (χ2v) is 6.07. The molecule has 0 aliphatic carbocycles. The van der Waals surface area contributed by atoms with E-state index in [2.05, 4.69) is 8.71 Å². The molecular weight excluding hydrogens is 299 g/mol. The molecule has 0 amide bonds. The van der Waals surface area contributed by atoms with Gasteiger partial charge in [-0.15, -0.1) is 0 Å². The fourth-order valence-electron chi connectivity index (χ4n) is 1.41. The number of benzene rings is 1. The van der Waals surface area contributed by atoms with Crippen molar-refractivity contribution in [2.75, 3.05) is 6.79 Å². The van der Waals surface area contributed by atoms with Gasteiger partial charge in [0, 0.05) is 0 Å². The first kappa shape index (κ1) is 15.5. The molecule has 0 aliphatic rings. The lowest BCUT2D eigenvalue weighted by molar-refractivity contribution is 0.139. The van der Waals surface area contributed by atoms with E-state index in [-0.39, 0.29) is 15.8 Å². The highest BCUT2D eigenvalue weighted by molar-refractivity contribution is 7.87. The van der Waals surface area contributed by atoms with E-state index >= 15 is 0 Å². The maximum atomic E-state index is 12.0. The highest BCUT2D eigenvalue weighted by atomic mass is 35.5. The second kappa shape index (κ2) is 6.59. The number of rotatable bonds is 6. The minimum atomic E-state index is -4.04. The third kappa shape index (κ3) is 3.73. The van der Waals surface area contributed by atoms with Crippen LogP contribution in [0.2, 0.25) is 5.02 Å². The van der Waals surface area contributed by atoms with Gasteiger partial charge in [0.15, 0.2) is 6.79 Å². The Kier molecular flexibility index (Phi) is 5.69. The molecule has 0 aliphatic heterocycles. The Bertz CT molecular complexity index is 529. The van der Waals surface area contributed by atoms with Crippen molar-refractivity contribution in [3.63, 3.8) is 0 Å². The van der Waals surface area contributed by atoms with Crippen LogP contribution < -0.4 is 0 Å². The average Bonchev–Trinajstić information content (AvgIpc) is 2.28. The zero-order chi connectivity index (χ0) is 13.8. The van der Waals surface area contributed by atoms with Crippen LogP contribution in [0.3, 0.4) is 0 Å². The van der Waals surface area contributed by atoms with Crippen LogP contribution >= 0.6 is 20.3 Å².